The average molecular weight is 665 g/mol. The van der Waals surface area contributed by atoms with Crippen LogP contribution in [-0.4, -0.2) is 55.3 Å². The van der Waals surface area contributed by atoms with Gasteiger partial charge in [-0.25, -0.2) is 9.59 Å². The highest BCUT2D eigenvalue weighted by Crippen LogP contribution is 2.31. The standard InChI is InChI=1S/C40H44N2O7/c1-40(2,3)49-39(45)42-22-19-28(20-23-42)21-24-47-32-16-18-36(48-27-29-11-7-5-8-12-29)34(26-32)37(43)41-35-25-31(30-13-9-6-10-14-30)15-17-33(35)38(44)46-4/h5-18,25-26,28H,19-24,27H2,1-4H3,(H,41,43). The Balaban J connectivity index is 1.31. The number of amides is 2. The number of carbonyl (C=O) groups excluding carboxylic acids is 3. The molecule has 0 bridgehead atoms. The lowest BCUT2D eigenvalue weighted by Gasteiger charge is -2.33. The Bertz CT molecular complexity index is 1730. The Labute approximate surface area is 288 Å². The van der Waals surface area contributed by atoms with Crippen LogP contribution in [0.1, 0.15) is 66.3 Å². The molecule has 5 rings (SSSR count). The van der Waals surface area contributed by atoms with Gasteiger partial charge in [-0.3, -0.25) is 4.79 Å². The van der Waals surface area contributed by atoms with Gasteiger partial charge in [0.15, 0.2) is 0 Å². The van der Waals surface area contributed by atoms with Gasteiger partial charge in [-0.1, -0.05) is 66.7 Å². The molecule has 0 aliphatic carbocycles. The van der Waals surface area contributed by atoms with Crippen molar-refractivity contribution in [1.29, 1.82) is 0 Å². The number of esters is 1. The van der Waals surface area contributed by atoms with Crippen LogP contribution < -0.4 is 14.8 Å². The number of methoxy groups -OCH3 is 1. The molecule has 9 nitrogen and oxygen atoms in total. The number of anilines is 1. The molecule has 1 aliphatic rings. The second-order valence-corrected chi connectivity index (χ2v) is 13.1. The molecule has 2 amide bonds. The van der Waals surface area contributed by atoms with Gasteiger partial charge in [0.05, 0.1) is 30.5 Å². The molecule has 0 spiro atoms. The van der Waals surface area contributed by atoms with E-state index in [4.69, 9.17) is 18.9 Å². The van der Waals surface area contributed by atoms with E-state index in [1.165, 1.54) is 7.11 Å². The predicted molar refractivity (Wildman–Crippen MR) is 189 cm³/mol. The first kappa shape index (κ1) is 35.0. The molecular weight excluding hydrogens is 620 g/mol. The minimum atomic E-state index is -0.565. The van der Waals surface area contributed by atoms with Crippen molar-refractivity contribution in [3.63, 3.8) is 0 Å². The number of nitrogens with one attached hydrogen (secondary N) is 1. The fourth-order valence-corrected chi connectivity index (χ4v) is 5.65. The van der Waals surface area contributed by atoms with Gasteiger partial charge >= 0.3 is 12.1 Å². The largest absolute Gasteiger partial charge is 0.494 e. The zero-order chi connectivity index (χ0) is 34.8. The fourth-order valence-electron chi connectivity index (χ4n) is 5.65. The van der Waals surface area contributed by atoms with E-state index in [2.05, 4.69) is 5.32 Å². The van der Waals surface area contributed by atoms with Crippen LogP contribution in [0.15, 0.2) is 97.1 Å². The minimum Gasteiger partial charge on any atom is -0.494 e. The van der Waals surface area contributed by atoms with Gasteiger partial charge < -0.3 is 29.2 Å². The van der Waals surface area contributed by atoms with Crippen LogP contribution >= 0.6 is 0 Å². The first-order valence-electron chi connectivity index (χ1n) is 16.6. The number of rotatable bonds is 11. The summed E-state index contributed by atoms with van der Waals surface area (Å²) in [5, 5.41) is 2.94. The molecular formula is C40H44N2O7. The highest BCUT2D eigenvalue weighted by Gasteiger charge is 2.27. The van der Waals surface area contributed by atoms with Crippen LogP contribution in [0.3, 0.4) is 0 Å². The SMILES string of the molecule is COC(=O)c1ccc(-c2ccccc2)cc1NC(=O)c1cc(OCCC2CCN(C(=O)OC(C)(C)C)CC2)ccc1OCc1ccccc1. The van der Waals surface area contributed by atoms with Crippen molar-refractivity contribution < 1.29 is 33.3 Å². The zero-order valence-corrected chi connectivity index (χ0v) is 28.6. The van der Waals surface area contributed by atoms with E-state index in [9.17, 15) is 14.4 Å². The molecule has 0 unspecified atom stereocenters. The van der Waals surface area contributed by atoms with Crippen molar-refractivity contribution >= 4 is 23.7 Å². The van der Waals surface area contributed by atoms with E-state index >= 15 is 0 Å². The number of carbonyl (C=O) groups is 3. The minimum absolute atomic E-state index is 0.229. The summed E-state index contributed by atoms with van der Waals surface area (Å²) < 4.78 is 22.8. The van der Waals surface area contributed by atoms with Crippen molar-refractivity contribution in [2.75, 3.05) is 32.1 Å². The Morgan fingerprint density at radius 3 is 2.16 bits per heavy atom. The average Bonchev–Trinajstić information content (AvgIpc) is 3.11. The van der Waals surface area contributed by atoms with Crippen molar-refractivity contribution in [2.45, 2.75) is 52.2 Å². The van der Waals surface area contributed by atoms with Crippen LogP contribution in [0.5, 0.6) is 11.5 Å². The third kappa shape index (κ3) is 9.85. The maximum atomic E-state index is 14.0. The lowest BCUT2D eigenvalue weighted by molar-refractivity contribution is 0.0177. The van der Waals surface area contributed by atoms with Gasteiger partial charge in [-0.2, -0.15) is 0 Å². The number of piperidine rings is 1. The van der Waals surface area contributed by atoms with E-state index in [0.29, 0.717) is 42.8 Å². The Morgan fingerprint density at radius 1 is 0.796 bits per heavy atom. The van der Waals surface area contributed by atoms with E-state index in [1.54, 1.807) is 35.2 Å². The maximum absolute atomic E-state index is 14.0. The number of hydrogen-bond donors (Lipinski definition) is 1. The summed E-state index contributed by atoms with van der Waals surface area (Å²) in [7, 11) is 1.31. The van der Waals surface area contributed by atoms with Crippen molar-refractivity contribution in [3.8, 4) is 22.6 Å². The summed E-state index contributed by atoms with van der Waals surface area (Å²) in [4.78, 5) is 40.9. The topological polar surface area (TPSA) is 103 Å². The normalized spacial score (nSPS) is 13.3. The Kier molecular flexibility index (Phi) is 11.6. The van der Waals surface area contributed by atoms with Gasteiger partial charge in [-0.15, -0.1) is 0 Å². The zero-order valence-electron chi connectivity index (χ0n) is 28.6. The van der Waals surface area contributed by atoms with Gasteiger partial charge in [0.1, 0.15) is 23.7 Å². The fraction of sp³-hybridized carbons (Fsp3) is 0.325. The van der Waals surface area contributed by atoms with Crippen LogP contribution in [0.2, 0.25) is 0 Å². The highest BCUT2D eigenvalue weighted by atomic mass is 16.6. The van der Waals surface area contributed by atoms with Crippen LogP contribution in [0, 0.1) is 5.92 Å². The molecule has 49 heavy (non-hydrogen) atoms. The lowest BCUT2D eigenvalue weighted by atomic mass is 9.94. The summed E-state index contributed by atoms with van der Waals surface area (Å²) in [6.45, 7) is 7.63. The molecule has 256 valence electrons. The summed E-state index contributed by atoms with van der Waals surface area (Å²) in [6, 6.07) is 29.8. The van der Waals surface area contributed by atoms with Crippen molar-refractivity contribution in [3.05, 3.63) is 114 Å². The highest BCUT2D eigenvalue weighted by molar-refractivity contribution is 6.10. The second-order valence-electron chi connectivity index (χ2n) is 13.1. The molecule has 0 radical (unpaired) electrons. The molecule has 9 heteroatoms. The molecule has 1 saturated heterocycles. The molecule has 0 saturated carbocycles. The Hall–Kier alpha value is -5.31. The van der Waals surface area contributed by atoms with Crippen molar-refractivity contribution in [2.24, 2.45) is 5.92 Å². The van der Waals surface area contributed by atoms with Crippen LogP contribution in [-0.2, 0) is 16.1 Å². The van der Waals surface area contributed by atoms with Crippen LogP contribution in [0.25, 0.3) is 11.1 Å². The third-order valence-electron chi connectivity index (χ3n) is 8.27. The van der Waals surface area contributed by atoms with Crippen LogP contribution in [0.4, 0.5) is 10.5 Å². The molecule has 0 aromatic heterocycles. The van der Waals surface area contributed by atoms with Gasteiger partial charge in [0, 0.05) is 13.1 Å². The van der Waals surface area contributed by atoms with E-state index in [-0.39, 0.29) is 23.8 Å². The number of benzene rings is 4. The second kappa shape index (κ2) is 16.2. The van der Waals surface area contributed by atoms with E-state index < -0.39 is 17.5 Å². The predicted octanol–water partition coefficient (Wildman–Crippen LogP) is 8.39. The molecule has 1 heterocycles. The molecule has 4 aromatic rings. The number of ether oxygens (including phenoxy) is 4. The molecule has 1 aliphatic heterocycles. The summed E-state index contributed by atoms with van der Waals surface area (Å²) in [6.07, 6.45) is 2.28. The third-order valence-corrected chi connectivity index (χ3v) is 8.27. The summed E-state index contributed by atoms with van der Waals surface area (Å²) in [5.41, 5.74) is 3.01. The first-order valence-corrected chi connectivity index (χ1v) is 16.6. The molecule has 1 N–H and O–H groups in total. The summed E-state index contributed by atoms with van der Waals surface area (Å²) in [5.74, 6) is 0.281. The van der Waals surface area contributed by atoms with Gasteiger partial charge in [0.2, 0.25) is 0 Å². The lowest BCUT2D eigenvalue weighted by Crippen LogP contribution is -2.41. The molecule has 4 aromatic carbocycles. The van der Waals surface area contributed by atoms with Gasteiger partial charge in [0.25, 0.3) is 5.91 Å². The maximum Gasteiger partial charge on any atom is 0.410 e. The number of likely N-dealkylation sites (tertiary alicyclic amines) is 1. The monoisotopic (exact) mass is 664 g/mol. The van der Waals surface area contributed by atoms with Gasteiger partial charge in [-0.05, 0) is 93.0 Å². The van der Waals surface area contributed by atoms with E-state index in [1.807, 2.05) is 87.5 Å². The number of hydrogen-bond acceptors (Lipinski definition) is 7. The first-order chi connectivity index (χ1) is 23.6. The summed E-state index contributed by atoms with van der Waals surface area (Å²) >= 11 is 0. The van der Waals surface area contributed by atoms with E-state index in [0.717, 1.165) is 36.0 Å². The smallest absolute Gasteiger partial charge is 0.410 e. The quantitative estimate of drug-likeness (QED) is 0.161. The van der Waals surface area contributed by atoms with Crippen molar-refractivity contribution in [1.82, 2.24) is 4.90 Å². The number of nitrogens with zero attached hydrogens (tertiary/aromatic N) is 1. The molecule has 0 atom stereocenters. The molecule has 1 fully saturated rings. The Morgan fingerprint density at radius 2 is 1.49 bits per heavy atom.